The highest BCUT2D eigenvalue weighted by Crippen LogP contribution is 2.16. The molecule has 0 fully saturated rings. The summed E-state index contributed by atoms with van der Waals surface area (Å²) in [6.07, 6.45) is 1.24. The normalized spacial score (nSPS) is 10.5. The summed E-state index contributed by atoms with van der Waals surface area (Å²) in [6.45, 7) is 4.03. The second kappa shape index (κ2) is 5.71. The molecule has 19 heavy (non-hydrogen) atoms. The van der Waals surface area contributed by atoms with Crippen molar-refractivity contribution in [3.63, 3.8) is 0 Å². The van der Waals surface area contributed by atoms with Gasteiger partial charge in [-0.05, 0) is 30.5 Å². The van der Waals surface area contributed by atoms with Crippen molar-refractivity contribution in [2.24, 2.45) is 0 Å². The first kappa shape index (κ1) is 13.4. The lowest BCUT2D eigenvalue weighted by atomic mass is 10.0. The summed E-state index contributed by atoms with van der Waals surface area (Å²) in [5.41, 5.74) is 3.02. The van der Waals surface area contributed by atoms with Crippen LogP contribution in [0.1, 0.15) is 22.5 Å². The topological polar surface area (TPSA) is 59.7 Å². The van der Waals surface area contributed by atoms with Crippen LogP contribution in [0.2, 0.25) is 0 Å². The monoisotopic (exact) mass is 260 g/mol. The van der Waals surface area contributed by atoms with Gasteiger partial charge in [-0.15, -0.1) is 0 Å². The number of benzene rings is 1. The van der Waals surface area contributed by atoms with E-state index in [0.29, 0.717) is 6.61 Å². The molecule has 1 aromatic carbocycles. The van der Waals surface area contributed by atoms with Gasteiger partial charge in [-0.25, -0.2) is 0 Å². The highest BCUT2D eigenvalue weighted by Gasteiger charge is 2.07. The average Bonchev–Trinajstić information content (AvgIpc) is 2.39. The molecule has 0 radical (unpaired) electrons. The molecule has 100 valence electrons. The molecule has 0 aliphatic heterocycles. The second-order valence-electron chi connectivity index (χ2n) is 4.39. The van der Waals surface area contributed by atoms with Gasteiger partial charge in [0.05, 0.1) is 0 Å². The molecule has 0 aliphatic rings. The third-order valence-electron chi connectivity index (χ3n) is 3.02. The lowest BCUT2D eigenvalue weighted by Gasteiger charge is -2.10. The third-order valence-corrected chi connectivity index (χ3v) is 3.02. The minimum Gasteiger partial charge on any atom is -0.482 e. The Morgan fingerprint density at radius 2 is 1.95 bits per heavy atom. The molecule has 0 saturated heterocycles. The summed E-state index contributed by atoms with van der Waals surface area (Å²) >= 11 is 0. The number of hydrogen-bond donors (Lipinski definition) is 1. The van der Waals surface area contributed by atoms with Gasteiger partial charge in [0.2, 0.25) is 11.2 Å². The van der Waals surface area contributed by atoms with Gasteiger partial charge < -0.3 is 14.3 Å². The van der Waals surface area contributed by atoms with Crippen LogP contribution in [0.15, 0.2) is 39.7 Å². The summed E-state index contributed by atoms with van der Waals surface area (Å²) in [7, 11) is 0. The number of aryl methyl sites for hydroxylation is 2. The van der Waals surface area contributed by atoms with Gasteiger partial charge in [0.15, 0.2) is 0 Å². The molecule has 0 amide bonds. The predicted molar refractivity (Wildman–Crippen MR) is 71.1 cm³/mol. The maximum Gasteiger partial charge on any atom is 0.227 e. The second-order valence-corrected chi connectivity index (χ2v) is 4.39. The minimum atomic E-state index is -0.299. The van der Waals surface area contributed by atoms with Crippen molar-refractivity contribution in [1.29, 1.82) is 0 Å². The Morgan fingerprint density at radius 3 is 2.53 bits per heavy atom. The van der Waals surface area contributed by atoms with E-state index in [2.05, 4.69) is 0 Å². The molecule has 2 rings (SSSR count). The van der Waals surface area contributed by atoms with E-state index in [1.165, 1.54) is 12.3 Å². The smallest absolute Gasteiger partial charge is 0.227 e. The minimum absolute atomic E-state index is 0.153. The molecular weight excluding hydrogens is 244 g/mol. The van der Waals surface area contributed by atoms with Crippen LogP contribution in [-0.2, 0) is 13.2 Å². The lowest BCUT2D eigenvalue weighted by molar-refractivity contribution is 0.236. The summed E-state index contributed by atoms with van der Waals surface area (Å²) in [6, 6.07) is 7.23. The van der Waals surface area contributed by atoms with E-state index >= 15 is 0 Å². The van der Waals surface area contributed by atoms with Gasteiger partial charge in [0, 0.05) is 6.07 Å². The number of rotatable bonds is 4. The maximum absolute atomic E-state index is 11.7. The van der Waals surface area contributed by atoms with Crippen LogP contribution in [0.25, 0.3) is 0 Å². The van der Waals surface area contributed by atoms with Crippen molar-refractivity contribution in [1.82, 2.24) is 0 Å². The fraction of sp³-hybridized carbons (Fsp3) is 0.267. The zero-order valence-electron chi connectivity index (χ0n) is 11.0. The molecule has 0 saturated carbocycles. The number of hydrogen-bond acceptors (Lipinski definition) is 4. The molecule has 0 spiro atoms. The highest BCUT2D eigenvalue weighted by molar-refractivity contribution is 5.33. The van der Waals surface area contributed by atoms with Gasteiger partial charge in [-0.2, -0.15) is 0 Å². The third kappa shape index (κ3) is 3.03. The summed E-state index contributed by atoms with van der Waals surface area (Å²) in [5.74, 6) is 0.379. The summed E-state index contributed by atoms with van der Waals surface area (Å²) in [4.78, 5) is 11.7. The maximum atomic E-state index is 11.7. The highest BCUT2D eigenvalue weighted by atomic mass is 16.5. The van der Waals surface area contributed by atoms with Crippen LogP contribution in [0.3, 0.4) is 0 Å². The Morgan fingerprint density at radius 1 is 1.26 bits per heavy atom. The fourth-order valence-electron chi connectivity index (χ4n) is 1.85. The zero-order chi connectivity index (χ0) is 13.8. The largest absolute Gasteiger partial charge is 0.482 e. The van der Waals surface area contributed by atoms with Gasteiger partial charge in [-0.3, -0.25) is 4.79 Å². The molecule has 1 heterocycles. The first-order valence-electron chi connectivity index (χ1n) is 6.02. The average molecular weight is 260 g/mol. The molecule has 1 N–H and O–H groups in total. The number of ether oxygens (including phenoxy) is 1. The van der Waals surface area contributed by atoms with Crippen LogP contribution in [0, 0.1) is 13.8 Å². The molecule has 0 unspecified atom stereocenters. The molecule has 0 aliphatic carbocycles. The fourth-order valence-corrected chi connectivity index (χ4v) is 1.85. The summed E-state index contributed by atoms with van der Waals surface area (Å²) in [5, 5.41) is 8.86. The Bertz CT molecular complexity index is 608. The molecule has 4 nitrogen and oxygen atoms in total. The van der Waals surface area contributed by atoms with Gasteiger partial charge >= 0.3 is 0 Å². The van der Waals surface area contributed by atoms with Crippen molar-refractivity contribution in [3.05, 3.63) is 63.2 Å². The molecule has 4 heteroatoms. The Balaban J connectivity index is 2.17. The van der Waals surface area contributed by atoms with Crippen molar-refractivity contribution in [2.75, 3.05) is 0 Å². The van der Waals surface area contributed by atoms with Crippen LogP contribution in [0.4, 0.5) is 0 Å². The van der Waals surface area contributed by atoms with Crippen LogP contribution in [-0.4, -0.2) is 5.11 Å². The Hall–Kier alpha value is -2.07. The predicted octanol–water partition coefficient (Wildman–Crippen LogP) is 2.33. The molecule has 1 aromatic heterocycles. The van der Waals surface area contributed by atoms with Crippen molar-refractivity contribution >= 4 is 0 Å². The standard InChI is InChI=1S/C15H16O4/c1-10-4-3-5-11(2)13(10)8-19-15-9-18-12(7-16)6-14(15)17/h3-6,9,16H,7-8H2,1-2H3. The Kier molecular flexibility index (Phi) is 4.02. The SMILES string of the molecule is Cc1cccc(C)c1COc1coc(CO)cc1=O. The van der Waals surface area contributed by atoms with Crippen LogP contribution >= 0.6 is 0 Å². The van der Waals surface area contributed by atoms with E-state index in [9.17, 15) is 4.79 Å². The van der Waals surface area contributed by atoms with Crippen molar-refractivity contribution < 1.29 is 14.3 Å². The van der Waals surface area contributed by atoms with Crippen molar-refractivity contribution in [2.45, 2.75) is 27.1 Å². The first-order valence-corrected chi connectivity index (χ1v) is 6.02. The van der Waals surface area contributed by atoms with E-state index in [4.69, 9.17) is 14.3 Å². The molecular formula is C15H16O4. The van der Waals surface area contributed by atoms with E-state index in [1.807, 2.05) is 32.0 Å². The number of aliphatic hydroxyl groups is 1. The van der Waals surface area contributed by atoms with Crippen molar-refractivity contribution in [3.8, 4) is 5.75 Å². The van der Waals surface area contributed by atoms with Gasteiger partial charge in [0.1, 0.15) is 25.2 Å². The van der Waals surface area contributed by atoms with Gasteiger partial charge in [0.25, 0.3) is 0 Å². The first-order chi connectivity index (χ1) is 9.11. The molecule has 0 atom stereocenters. The molecule has 0 bridgehead atoms. The van der Waals surface area contributed by atoms with E-state index < -0.39 is 0 Å². The summed E-state index contributed by atoms with van der Waals surface area (Å²) < 4.78 is 10.6. The number of aliphatic hydroxyl groups excluding tert-OH is 1. The van der Waals surface area contributed by atoms with E-state index in [-0.39, 0.29) is 23.5 Å². The van der Waals surface area contributed by atoms with Gasteiger partial charge in [-0.1, -0.05) is 18.2 Å². The lowest BCUT2D eigenvalue weighted by Crippen LogP contribution is -2.09. The quantitative estimate of drug-likeness (QED) is 0.916. The Labute approximate surface area is 111 Å². The zero-order valence-corrected chi connectivity index (χ0v) is 11.0. The van der Waals surface area contributed by atoms with E-state index in [0.717, 1.165) is 16.7 Å². The van der Waals surface area contributed by atoms with Crippen LogP contribution in [0.5, 0.6) is 5.75 Å². The molecule has 2 aromatic rings. The van der Waals surface area contributed by atoms with Crippen LogP contribution < -0.4 is 10.2 Å². The van der Waals surface area contributed by atoms with E-state index in [1.54, 1.807) is 0 Å².